The minimum Gasteiger partial charge on any atom is -0.356 e. The highest BCUT2D eigenvalue weighted by Crippen LogP contribution is 2.21. The minimum atomic E-state index is -0.000914. The van der Waals surface area contributed by atoms with E-state index in [1.807, 2.05) is 0 Å². The number of amides is 2. The maximum absolute atomic E-state index is 12.8. The van der Waals surface area contributed by atoms with Crippen molar-refractivity contribution in [3.63, 3.8) is 0 Å². The van der Waals surface area contributed by atoms with Crippen LogP contribution in [0.25, 0.3) is 0 Å². The van der Waals surface area contributed by atoms with Crippen LogP contribution in [-0.2, 0) is 9.59 Å². The Kier molecular flexibility index (Phi) is 12.7. The molecular formula is C22H43IN6O2. The number of nitrogens with zero attached hydrogens (tertiary/aromatic N) is 5. The number of piperazine rings is 1. The van der Waals surface area contributed by atoms with Crippen LogP contribution in [0.15, 0.2) is 4.99 Å². The van der Waals surface area contributed by atoms with E-state index >= 15 is 0 Å². The summed E-state index contributed by atoms with van der Waals surface area (Å²) in [5, 5.41) is 3.41. The molecule has 180 valence electrons. The number of aliphatic imine (C=N–C) groups is 1. The normalized spacial score (nSPS) is 22.7. The molecule has 0 radical (unpaired) electrons. The summed E-state index contributed by atoms with van der Waals surface area (Å²) in [5.74, 6) is 2.25. The van der Waals surface area contributed by atoms with Crippen molar-refractivity contribution in [2.24, 2.45) is 16.8 Å². The number of likely N-dealkylation sites (N-methyl/N-ethyl adjacent to an activating group) is 1. The number of carbonyl (C=O) groups excluding carboxylic acids is 2. The third kappa shape index (κ3) is 9.51. The second-order valence-corrected chi connectivity index (χ2v) is 9.22. The van der Waals surface area contributed by atoms with Crippen LogP contribution in [-0.4, -0.2) is 110 Å². The van der Waals surface area contributed by atoms with Crippen molar-refractivity contribution in [2.45, 2.75) is 40.0 Å². The van der Waals surface area contributed by atoms with Crippen LogP contribution in [0.2, 0.25) is 0 Å². The van der Waals surface area contributed by atoms with Crippen molar-refractivity contribution in [3.05, 3.63) is 0 Å². The molecule has 8 nitrogen and oxygen atoms in total. The predicted octanol–water partition coefficient (Wildman–Crippen LogP) is 1.56. The highest BCUT2D eigenvalue weighted by atomic mass is 127. The summed E-state index contributed by atoms with van der Waals surface area (Å²) < 4.78 is 0. The fourth-order valence-corrected chi connectivity index (χ4v) is 4.20. The number of hydrogen-bond donors (Lipinski definition) is 1. The highest BCUT2D eigenvalue weighted by molar-refractivity contribution is 14.0. The molecule has 2 amide bonds. The number of piperidine rings is 1. The van der Waals surface area contributed by atoms with Crippen molar-refractivity contribution in [3.8, 4) is 0 Å². The van der Waals surface area contributed by atoms with E-state index in [0.717, 1.165) is 64.6 Å². The van der Waals surface area contributed by atoms with Crippen molar-refractivity contribution < 1.29 is 9.59 Å². The van der Waals surface area contributed by atoms with Crippen molar-refractivity contribution in [1.82, 2.24) is 24.9 Å². The number of unbranched alkanes of at least 4 members (excludes halogenated alkanes) is 1. The number of hydrogen-bond acceptors (Lipinski definition) is 4. The van der Waals surface area contributed by atoms with Crippen molar-refractivity contribution >= 4 is 41.8 Å². The van der Waals surface area contributed by atoms with Gasteiger partial charge in [-0.2, -0.15) is 0 Å². The van der Waals surface area contributed by atoms with Crippen LogP contribution in [0.4, 0.5) is 0 Å². The molecule has 2 heterocycles. The predicted molar refractivity (Wildman–Crippen MR) is 137 cm³/mol. The first-order chi connectivity index (χ1) is 14.3. The smallest absolute Gasteiger partial charge is 0.243 e. The summed E-state index contributed by atoms with van der Waals surface area (Å²) in [4.78, 5) is 37.4. The number of nitrogens with one attached hydrogen (secondary N) is 1. The van der Waals surface area contributed by atoms with Gasteiger partial charge >= 0.3 is 0 Å². The summed E-state index contributed by atoms with van der Waals surface area (Å²) in [6.45, 7) is 13.2. The lowest BCUT2D eigenvalue weighted by Gasteiger charge is -2.39. The quantitative estimate of drug-likeness (QED) is 0.226. The van der Waals surface area contributed by atoms with Gasteiger partial charge in [0.15, 0.2) is 5.96 Å². The van der Waals surface area contributed by atoms with Crippen LogP contribution < -0.4 is 5.32 Å². The van der Waals surface area contributed by atoms with Crippen LogP contribution >= 0.6 is 24.0 Å². The van der Waals surface area contributed by atoms with Gasteiger partial charge in [-0.3, -0.25) is 14.5 Å². The number of carbonyl (C=O) groups is 2. The molecule has 0 aromatic rings. The van der Waals surface area contributed by atoms with E-state index in [-0.39, 0.29) is 42.3 Å². The van der Waals surface area contributed by atoms with Gasteiger partial charge in [-0.1, -0.05) is 27.2 Å². The fourth-order valence-electron chi connectivity index (χ4n) is 4.20. The van der Waals surface area contributed by atoms with E-state index in [1.165, 1.54) is 6.42 Å². The highest BCUT2D eigenvalue weighted by Gasteiger charge is 2.28. The van der Waals surface area contributed by atoms with Gasteiger partial charge in [0.2, 0.25) is 11.8 Å². The van der Waals surface area contributed by atoms with E-state index in [2.05, 4.69) is 45.8 Å². The average molecular weight is 551 g/mol. The lowest BCUT2D eigenvalue weighted by molar-refractivity contribution is -0.135. The van der Waals surface area contributed by atoms with E-state index in [1.54, 1.807) is 19.0 Å². The van der Waals surface area contributed by atoms with E-state index < -0.39 is 0 Å². The van der Waals surface area contributed by atoms with Gasteiger partial charge in [0.05, 0.1) is 6.54 Å². The molecule has 2 aliphatic heterocycles. The lowest BCUT2D eigenvalue weighted by atomic mass is 9.92. The minimum absolute atomic E-state index is 0. The van der Waals surface area contributed by atoms with Crippen LogP contribution in [0.5, 0.6) is 0 Å². The summed E-state index contributed by atoms with van der Waals surface area (Å²) in [6.07, 6.45) is 3.40. The van der Waals surface area contributed by atoms with Gasteiger partial charge in [-0.05, 0) is 24.7 Å². The Morgan fingerprint density at radius 3 is 2.19 bits per heavy atom. The number of guanidine groups is 1. The third-order valence-electron chi connectivity index (χ3n) is 5.93. The monoisotopic (exact) mass is 550 g/mol. The van der Waals surface area contributed by atoms with E-state index in [4.69, 9.17) is 0 Å². The molecule has 0 aliphatic carbocycles. The Labute approximate surface area is 205 Å². The molecule has 31 heavy (non-hydrogen) atoms. The van der Waals surface area contributed by atoms with Crippen LogP contribution in [0.1, 0.15) is 40.0 Å². The molecule has 2 atom stereocenters. The van der Waals surface area contributed by atoms with E-state index in [0.29, 0.717) is 18.4 Å². The Bertz CT molecular complexity index is 583. The Morgan fingerprint density at radius 2 is 1.65 bits per heavy atom. The topological polar surface area (TPSA) is 71.5 Å². The van der Waals surface area contributed by atoms with Gasteiger partial charge in [0.1, 0.15) is 6.54 Å². The zero-order valence-electron chi connectivity index (χ0n) is 20.1. The maximum atomic E-state index is 12.8. The Morgan fingerprint density at radius 1 is 1.03 bits per heavy atom. The first-order valence-electron chi connectivity index (χ1n) is 11.5. The molecule has 1 N–H and O–H groups in total. The Balaban J connectivity index is 0.00000480. The molecular weight excluding hydrogens is 507 g/mol. The summed E-state index contributed by atoms with van der Waals surface area (Å²) in [6, 6.07) is 0. The number of rotatable bonds is 7. The van der Waals surface area contributed by atoms with Gasteiger partial charge in [-0.25, -0.2) is 4.99 Å². The largest absolute Gasteiger partial charge is 0.356 e. The summed E-state index contributed by atoms with van der Waals surface area (Å²) in [5.41, 5.74) is 0. The molecule has 2 saturated heterocycles. The second kappa shape index (κ2) is 14.1. The summed E-state index contributed by atoms with van der Waals surface area (Å²) >= 11 is 0. The third-order valence-corrected chi connectivity index (χ3v) is 5.93. The zero-order chi connectivity index (χ0) is 22.1. The fraction of sp³-hybridized carbons (Fsp3) is 0.864. The van der Waals surface area contributed by atoms with Gasteiger partial charge < -0.3 is 20.0 Å². The molecule has 0 spiro atoms. The Hall–Kier alpha value is -1.10. The van der Waals surface area contributed by atoms with Crippen molar-refractivity contribution in [1.29, 1.82) is 0 Å². The molecule has 9 heteroatoms. The first kappa shape index (κ1) is 27.9. The zero-order valence-corrected chi connectivity index (χ0v) is 22.4. The molecule has 0 saturated carbocycles. The lowest BCUT2D eigenvalue weighted by Crippen LogP contribution is -2.55. The first-order valence-corrected chi connectivity index (χ1v) is 11.5. The standard InChI is InChI=1S/C22H42N6O2.HI/c1-6-7-8-23-22(24-14-20(29)25(4)5)27-11-9-26(10-12-27)17-21(30)28-15-18(2)13-19(3)16-28;/h18-19H,6-17H2,1-5H3,(H,23,24);1H. The molecule has 2 rings (SSSR count). The van der Waals surface area contributed by atoms with Crippen LogP contribution in [0, 0.1) is 11.8 Å². The van der Waals surface area contributed by atoms with E-state index in [9.17, 15) is 9.59 Å². The SMILES string of the molecule is CCCCNC(=NCC(=O)N(C)C)N1CCN(CC(=O)N2CC(C)CC(C)C2)CC1.I. The molecule has 0 aromatic carbocycles. The number of likely N-dealkylation sites (tertiary alicyclic amines) is 1. The summed E-state index contributed by atoms with van der Waals surface area (Å²) in [7, 11) is 3.50. The number of halogens is 1. The molecule has 2 fully saturated rings. The van der Waals surface area contributed by atoms with Gasteiger partial charge in [0.25, 0.3) is 0 Å². The van der Waals surface area contributed by atoms with Gasteiger partial charge in [0, 0.05) is 59.9 Å². The molecule has 0 bridgehead atoms. The molecule has 2 aliphatic rings. The second-order valence-electron chi connectivity index (χ2n) is 9.22. The molecule has 0 aromatic heterocycles. The molecule has 2 unspecified atom stereocenters. The van der Waals surface area contributed by atoms with Crippen LogP contribution in [0.3, 0.4) is 0 Å². The maximum Gasteiger partial charge on any atom is 0.243 e. The van der Waals surface area contributed by atoms with Crippen molar-refractivity contribution in [2.75, 3.05) is 73.0 Å². The van der Waals surface area contributed by atoms with Gasteiger partial charge in [-0.15, -0.1) is 24.0 Å². The average Bonchev–Trinajstić information content (AvgIpc) is 2.70.